The summed E-state index contributed by atoms with van der Waals surface area (Å²) >= 11 is 0. The average Bonchev–Trinajstić information content (AvgIpc) is 2.52. The van der Waals surface area contributed by atoms with Crippen molar-refractivity contribution in [3.63, 3.8) is 0 Å². The van der Waals surface area contributed by atoms with Crippen molar-refractivity contribution in [2.24, 2.45) is 0 Å². The third-order valence-corrected chi connectivity index (χ3v) is 1.94. The second-order valence-corrected chi connectivity index (χ2v) is 2.84. The predicted molar refractivity (Wildman–Crippen MR) is 51.0 cm³/mol. The summed E-state index contributed by atoms with van der Waals surface area (Å²) in [6.45, 7) is 1.94. The second kappa shape index (κ2) is 2.90. The Morgan fingerprint density at radius 2 is 2.31 bits per heavy atom. The van der Waals surface area contributed by atoms with Gasteiger partial charge in [0.15, 0.2) is 0 Å². The monoisotopic (exact) mass is 174 g/mol. The zero-order chi connectivity index (χ0) is 9.26. The molecule has 0 aliphatic carbocycles. The maximum atomic E-state index is 5.72. The Bertz CT molecular complexity index is 419. The van der Waals surface area contributed by atoms with E-state index >= 15 is 0 Å². The predicted octanol–water partition coefficient (Wildman–Crippen LogP) is 1.36. The van der Waals surface area contributed by atoms with Crippen molar-refractivity contribution in [2.75, 3.05) is 5.73 Å². The van der Waals surface area contributed by atoms with E-state index in [1.807, 2.05) is 19.1 Å². The van der Waals surface area contributed by atoms with Gasteiger partial charge in [-0.25, -0.2) is 0 Å². The summed E-state index contributed by atoms with van der Waals surface area (Å²) in [5, 5.41) is 6.71. The topological polar surface area (TPSA) is 67.6 Å². The number of aromatic amines is 1. The molecule has 2 heterocycles. The van der Waals surface area contributed by atoms with Crippen molar-refractivity contribution in [3.05, 3.63) is 30.2 Å². The Morgan fingerprint density at radius 3 is 2.92 bits per heavy atom. The number of pyridine rings is 1. The lowest BCUT2D eigenvalue weighted by Gasteiger charge is -2.01. The highest BCUT2D eigenvalue weighted by Gasteiger charge is 2.06. The van der Waals surface area contributed by atoms with Crippen LogP contribution in [-0.2, 0) is 0 Å². The highest BCUT2D eigenvalue weighted by Crippen LogP contribution is 2.24. The molecule has 13 heavy (non-hydrogen) atoms. The molecule has 0 unspecified atom stereocenters. The minimum absolute atomic E-state index is 0.649. The minimum atomic E-state index is 0.649. The van der Waals surface area contributed by atoms with Crippen molar-refractivity contribution >= 4 is 5.69 Å². The van der Waals surface area contributed by atoms with Crippen LogP contribution >= 0.6 is 0 Å². The van der Waals surface area contributed by atoms with E-state index in [-0.39, 0.29) is 0 Å². The second-order valence-electron chi connectivity index (χ2n) is 2.84. The van der Waals surface area contributed by atoms with Crippen LogP contribution in [0.25, 0.3) is 11.3 Å². The molecular weight excluding hydrogens is 164 g/mol. The molecule has 2 aromatic heterocycles. The quantitative estimate of drug-likeness (QED) is 0.686. The van der Waals surface area contributed by atoms with Crippen LogP contribution in [0.1, 0.15) is 5.69 Å². The standard InChI is InChI=1S/C9H10N4/c1-6-7(3-2-4-11-6)9-8(10)5-12-13-9/h2-5H,10H2,1H3,(H,12,13). The highest BCUT2D eigenvalue weighted by atomic mass is 15.1. The zero-order valence-electron chi connectivity index (χ0n) is 7.28. The van der Waals surface area contributed by atoms with Crippen molar-refractivity contribution < 1.29 is 0 Å². The summed E-state index contributed by atoms with van der Waals surface area (Å²) in [5.41, 5.74) is 9.15. The van der Waals surface area contributed by atoms with Crippen LogP contribution in [0.4, 0.5) is 5.69 Å². The van der Waals surface area contributed by atoms with Crippen molar-refractivity contribution in [1.82, 2.24) is 15.2 Å². The molecule has 2 rings (SSSR count). The molecule has 0 bridgehead atoms. The van der Waals surface area contributed by atoms with E-state index in [0.29, 0.717) is 5.69 Å². The Labute approximate surface area is 75.8 Å². The Morgan fingerprint density at radius 1 is 1.46 bits per heavy atom. The molecule has 3 N–H and O–H groups in total. The maximum absolute atomic E-state index is 5.72. The molecule has 0 atom stereocenters. The number of H-pyrrole nitrogens is 1. The van der Waals surface area contributed by atoms with E-state index in [0.717, 1.165) is 17.0 Å². The summed E-state index contributed by atoms with van der Waals surface area (Å²) < 4.78 is 0. The van der Waals surface area contributed by atoms with E-state index in [2.05, 4.69) is 15.2 Å². The number of nitrogens with one attached hydrogen (secondary N) is 1. The molecule has 0 radical (unpaired) electrons. The first-order valence-electron chi connectivity index (χ1n) is 4.00. The summed E-state index contributed by atoms with van der Waals surface area (Å²) in [6.07, 6.45) is 3.35. The number of hydrogen-bond acceptors (Lipinski definition) is 3. The first-order chi connectivity index (χ1) is 6.29. The van der Waals surface area contributed by atoms with Gasteiger partial charge in [0.25, 0.3) is 0 Å². The summed E-state index contributed by atoms with van der Waals surface area (Å²) in [4.78, 5) is 4.17. The number of nitrogens with zero attached hydrogens (tertiary/aromatic N) is 2. The molecule has 4 heteroatoms. The first kappa shape index (κ1) is 7.79. The Hall–Kier alpha value is -1.84. The Balaban J connectivity index is 2.59. The first-order valence-corrected chi connectivity index (χ1v) is 4.00. The van der Waals surface area contributed by atoms with Gasteiger partial charge in [-0.05, 0) is 19.1 Å². The third-order valence-electron chi connectivity index (χ3n) is 1.94. The van der Waals surface area contributed by atoms with Gasteiger partial charge in [-0.2, -0.15) is 5.10 Å². The van der Waals surface area contributed by atoms with Gasteiger partial charge in [-0.3, -0.25) is 10.1 Å². The zero-order valence-corrected chi connectivity index (χ0v) is 7.28. The lowest BCUT2D eigenvalue weighted by Crippen LogP contribution is -1.90. The van der Waals surface area contributed by atoms with Gasteiger partial charge in [-0.15, -0.1) is 0 Å². The molecule has 0 amide bonds. The van der Waals surface area contributed by atoms with Gasteiger partial charge in [0.05, 0.1) is 17.6 Å². The molecule has 0 aliphatic rings. The number of nitrogen functional groups attached to an aromatic ring is 1. The fraction of sp³-hybridized carbons (Fsp3) is 0.111. The smallest absolute Gasteiger partial charge is 0.0898 e. The number of nitrogens with two attached hydrogens (primary N) is 1. The molecule has 4 nitrogen and oxygen atoms in total. The average molecular weight is 174 g/mol. The van der Waals surface area contributed by atoms with Crippen LogP contribution in [0.5, 0.6) is 0 Å². The van der Waals surface area contributed by atoms with Crippen molar-refractivity contribution in [1.29, 1.82) is 0 Å². The molecule has 0 saturated heterocycles. The van der Waals surface area contributed by atoms with Crippen LogP contribution in [0.15, 0.2) is 24.5 Å². The number of aromatic nitrogens is 3. The van der Waals surface area contributed by atoms with E-state index in [9.17, 15) is 0 Å². The van der Waals surface area contributed by atoms with Gasteiger partial charge >= 0.3 is 0 Å². The molecule has 0 aliphatic heterocycles. The molecule has 66 valence electrons. The van der Waals surface area contributed by atoms with Crippen LogP contribution in [0.3, 0.4) is 0 Å². The summed E-state index contributed by atoms with van der Waals surface area (Å²) in [5.74, 6) is 0. The van der Waals surface area contributed by atoms with Gasteiger partial charge in [0.2, 0.25) is 0 Å². The molecule has 0 spiro atoms. The number of anilines is 1. The molecule has 0 fully saturated rings. The van der Waals surface area contributed by atoms with Crippen LogP contribution in [-0.4, -0.2) is 15.2 Å². The summed E-state index contributed by atoms with van der Waals surface area (Å²) in [7, 11) is 0. The van der Waals surface area contributed by atoms with Gasteiger partial charge in [0, 0.05) is 17.5 Å². The SMILES string of the molecule is Cc1ncccc1-c1[nH]ncc1N. The van der Waals surface area contributed by atoms with Crippen LogP contribution in [0.2, 0.25) is 0 Å². The lowest BCUT2D eigenvalue weighted by molar-refractivity contribution is 1.09. The molecular formula is C9H10N4. The normalized spacial score (nSPS) is 10.2. The van der Waals surface area contributed by atoms with Gasteiger partial charge in [-0.1, -0.05) is 0 Å². The highest BCUT2D eigenvalue weighted by molar-refractivity contribution is 5.73. The van der Waals surface area contributed by atoms with E-state index in [1.54, 1.807) is 12.4 Å². The fourth-order valence-corrected chi connectivity index (χ4v) is 1.26. The maximum Gasteiger partial charge on any atom is 0.0898 e. The van der Waals surface area contributed by atoms with E-state index < -0.39 is 0 Å². The van der Waals surface area contributed by atoms with Crippen molar-refractivity contribution in [3.8, 4) is 11.3 Å². The number of rotatable bonds is 1. The van der Waals surface area contributed by atoms with Gasteiger partial charge < -0.3 is 5.73 Å². The molecule has 0 aromatic carbocycles. The van der Waals surface area contributed by atoms with E-state index in [1.165, 1.54) is 0 Å². The fourth-order valence-electron chi connectivity index (χ4n) is 1.26. The third kappa shape index (κ3) is 1.26. The molecule has 0 saturated carbocycles. The molecule has 2 aromatic rings. The number of aryl methyl sites for hydroxylation is 1. The van der Waals surface area contributed by atoms with Crippen LogP contribution in [0, 0.1) is 6.92 Å². The number of hydrogen-bond donors (Lipinski definition) is 2. The van der Waals surface area contributed by atoms with Crippen LogP contribution < -0.4 is 5.73 Å². The lowest BCUT2D eigenvalue weighted by atomic mass is 10.1. The van der Waals surface area contributed by atoms with Gasteiger partial charge in [0.1, 0.15) is 0 Å². The van der Waals surface area contributed by atoms with E-state index in [4.69, 9.17) is 5.73 Å². The Kier molecular flexibility index (Phi) is 1.73. The minimum Gasteiger partial charge on any atom is -0.396 e. The summed E-state index contributed by atoms with van der Waals surface area (Å²) in [6, 6.07) is 3.84. The van der Waals surface area contributed by atoms with Crippen molar-refractivity contribution in [2.45, 2.75) is 6.92 Å². The largest absolute Gasteiger partial charge is 0.396 e.